The van der Waals surface area contributed by atoms with E-state index in [4.69, 9.17) is 5.73 Å². The first-order valence-corrected chi connectivity index (χ1v) is 5.22. The molecule has 0 amide bonds. The highest BCUT2D eigenvalue weighted by molar-refractivity contribution is 5.00. The summed E-state index contributed by atoms with van der Waals surface area (Å²) in [5.41, 5.74) is 6.14. The van der Waals surface area contributed by atoms with Crippen LogP contribution in [0.1, 0.15) is 30.9 Å². The minimum Gasteiger partial charge on any atom is -0.330 e. The topological polar surface area (TPSA) is 56.7 Å². The fraction of sp³-hybridized carbons (Fsp3) is 0.800. The predicted molar refractivity (Wildman–Crippen MR) is 54.8 cm³/mol. The zero-order chi connectivity index (χ0) is 10.2. The Bertz CT molecular complexity index is 319. The maximum Gasteiger partial charge on any atom is 0.147 e. The van der Waals surface area contributed by atoms with Gasteiger partial charge < -0.3 is 5.73 Å². The second kappa shape index (κ2) is 3.35. The van der Waals surface area contributed by atoms with Crippen molar-refractivity contribution in [2.75, 3.05) is 6.54 Å². The predicted octanol–water partition coefficient (Wildman–Crippen LogP) is 0.795. The van der Waals surface area contributed by atoms with Gasteiger partial charge in [-0.05, 0) is 31.7 Å². The summed E-state index contributed by atoms with van der Waals surface area (Å²) in [6, 6.07) is 0. The lowest BCUT2D eigenvalue weighted by Crippen LogP contribution is -2.39. The minimum atomic E-state index is 0.327. The summed E-state index contributed by atoms with van der Waals surface area (Å²) in [6.45, 7) is 2.71. The molecule has 2 N–H and O–H groups in total. The van der Waals surface area contributed by atoms with Crippen molar-refractivity contribution >= 4 is 0 Å². The maximum atomic E-state index is 5.82. The molecule has 0 aliphatic heterocycles. The largest absolute Gasteiger partial charge is 0.330 e. The normalized spacial score (nSPS) is 19.4. The van der Waals surface area contributed by atoms with Crippen molar-refractivity contribution in [3.05, 3.63) is 11.6 Å². The summed E-state index contributed by atoms with van der Waals surface area (Å²) < 4.78 is 1.88. The zero-order valence-electron chi connectivity index (χ0n) is 8.95. The van der Waals surface area contributed by atoms with E-state index in [-0.39, 0.29) is 0 Å². The lowest BCUT2D eigenvalue weighted by Gasteiger charge is -2.40. The number of nitrogens with two attached hydrogens (primary N) is 1. The Balaban J connectivity index is 2.13. The van der Waals surface area contributed by atoms with E-state index in [0.717, 1.165) is 24.6 Å². The average Bonchev–Trinajstić information content (AvgIpc) is 2.38. The molecule has 0 aromatic carbocycles. The van der Waals surface area contributed by atoms with Gasteiger partial charge in [0.2, 0.25) is 0 Å². The molecule has 2 rings (SSSR count). The van der Waals surface area contributed by atoms with Gasteiger partial charge in [-0.1, -0.05) is 6.42 Å². The Morgan fingerprint density at radius 2 is 2.21 bits per heavy atom. The minimum absolute atomic E-state index is 0.327. The van der Waals surface area contributed by atoms with E-state index < -0.39 is 0 Å². The van der Waals surface area contributed by atoms with Gasteiger partial charge >= 0.3 is 0 Å². The molecule has 0 radical (unpaired) electrons. The van der Waals surface area contributed by atoms with Crippen molar-refractivity contribution in [3.8, 4) is 0 Å². The molecule has 78 valence electrons. The van der Waals surface area contributed by atoms with Crippen LogP contribution in [0.25, 0.3) is 0 Å². The van der Waals surface area contributed by atoms with E-state index >= 15 is 0 Å². The first-order chi connectivity index (χ1) is 6.65. The molecule has 0 unspecified atom stereocenters. The SMILES string of the molecule is Cc1nc(CC2(CN)CCC2)n(C)n1. The van der Waals surface area contributed by atoms with Crippen molar-refractivity contribution in [3.63, 3.8) is 0 Å². The summed E-state index contributed by atoms with van der Waals surface area (Å²) in [5, 5.41) is 4.25. The van der Waals surface area contributed by atoms with Crippen LogP contribution in [0.5, 0.6) is 0 Å². The second-order valence-corrected chi connectivity index (χ2v) is 4.43. The molecule has 14 heavy (non-hydrogen) atoms. The highest BCUT2D eigenvalue weighted by atomic mass is 15.3. The second-order valence-electron chi connectivity index (χ2n) is 4.43. The monoisotopic (exact) mass is 194 g/mol. The Morgan fingerprint density at radius 1 is 1.50 bits per heavy atom. The van der Waals surface area contributed by atoms with Gasteiger partial charge in [0, 0.05) is 13.5 Å². The van der Waals surface area contributed by atoms with E-state index in [1.54, 1.807) is 0 Å². The van der Waals surface area contributed by atoms with Crippen molar-refractivity contribution in [1.29, 1.82) is 0 Å². The number of hydrogen-bond acceptors (Lipinski definition) is 3. The van der Waals surface area contributed by atoms with Gasteiger partial charge in [-0.3, -0.25) is 4.68 Å². The van der Waals surface area contributed by atoms with Gasteiger partial charge in [0.15, 0.2) is 0 Å². The van der Waals surface area contributed by atoms with E-state index in [0.29, 0.717) is 5.41 Å². The third-order valence-electron chi connectivity index (χ3n) is 3.34. The van der Waals surface area contributed by atoms with Gasteiger partial charge in [0.1, 0.15) is 11.6 Å². The number of hydrogen-bond donors (Lipinski definition) is 1. The molecule has 0 bridgehead atoms. The molecule has 1 aliphatic rings. The van der Waals surface area contributed by atoms with Crippen LogP contribution < -0.4 is 5.73 Å². The molecule has 0 atom stereocenters. The molecule has 0 spiro atoms. The smallest absolute Gasteiger partial charge is 0.147 e. The van der Waals surface area contributed by atoms with Crippen molar-refractivity contribution in [2.24, 2.45) is 18.2 Å². The number of aryl methyl sites for hydroxylation is 2. The van der Waals surface area contributed by atoms with Gasteiger partial charge in [-0.2, -0.15) is 5.10 Å². The van der Waals surface area contributed by atoms with Gasteiger partial charge in [0.05, 0.1) is 0 Å². The van der Waals surface area contributed by atoms with Crippen LogP contribution in [0.4, 0.5) is 0 Å². The highest BCUT2D eigenvalue weighted by Crippen LogP contribution is 2.42. The summed E-state index contributed by atoms with van der Waals surface area (Å²) in [7, 11) is 1.96. The van der Waals surface area contributed by atoms with Crippen LogP contribution in [0.3, 0.4) is 0 Å². The first-order valence-electron chi connectivity index (χ1n) is 5.22. The van der Waals surface area contributed by atoms with Gasteiger partial charge in [-0.15, -0.1) is 0 Å². The van der Waals surface area contributed by atoms with Gasteiger partial charge in [0.25, 0.3) is 0 Å². The molecule has 1 saturated carbocycles. The molecule has 1 aliphatic carbocycles. The summed E-state index contributed by atoms with van der Waals surface area (Å²) >= 11 is 0. The number of aromatic nitrogens is 3. The van der Waals surface area contributed by atoms with Crippen LogP contribution in [0.2, 0.25) is 0 Å². The number of rotatable bonds is 3. The molecular weight excluding hydrogens is 176 g/mol. The van der Waals surface area contributed by atoms with Crippen LogP contribution in [0, 0.1) is 12.3 Å². The molecule has 4 nitrogen and oxygen atoms in total. The molecule has 1 fully saturated rings. The number of nitrogens with zero attached hydrogens (tertiary/aromatic N) is 3. The lowest BCUT2D eigenvalue weighted by molar-refractivity contribution is 0.140. The average molecular weight is 194 g/mol. The van der Waals surface area contributed by atoms with Gasteiger partial charge in [-0.25, -0.2) is 4.98 Å². The third-order valence-corrected chi connectivity index (χ3v) is 3.34. The standard InChI is InChI=1S/C10H18N4/c1-8-12-9(14(2)13-8)6-10(7-11)4-3-5-10/h3-7,11H2,1-2H3. The Hall–Kier alpha value is -0.900. The van der Waals surface area contributed by atoms with E-state index in [1.165, 1.54) is 19.3 Å². The summed E-state index contributed by atoms with van der Waals surface area (Å²) in [6.07, 6.45) is 4.79. The van der Waals surface area contributed by atoms with Crippen LogP contribution in [0.15, 0.2) is 0 Å². The lowest BCUT2D eigenvalue weighted by atomic mass is 9.66. The molecule has 1 aromatic rings. The van der Waals surface area contributed by atoms with Crippen LogP contribution in [-0.4, -0.2) is 21.3 Å². The van der Waals surface area contributed by atoms with E-state index in [9.17, 15) is 0 Å². The Labute approximate surface area is 84.5 Å². The van der Waals surface area contributed by atoms with Crippen molar-refractivity contribution in [1.82, 2.24) is 14.8 Å². The van der Waals surface area contributed by atoms with E-state index in [2.05, 4.69) is 10.1 Å². The zero-order valence-corrected chi connectivity index (χ0v) is 8.95. The Kier molecular flexibility index (Phi) is 2.31. The first kappa shape index (κ1) is 9.65. The molecule has 4 heteroatoms. The third kappa shape index (κ3) is 1.54. The Morgan fingerprint density at radius 3 is 2.57 bits per heavy atom. The summed E-state index contributed by atoms with van der Waals surface area (Å²) in [4.78, 5) is 4.42. The quantitative estimate of drug-likeness (QED) is 0.774. The van der Waals surface area contributed by atoms with Crippen LogP contribution in [-0.2, 0) is 13.5 Å². The van der Waals surface area contributed by atoms with Crippen molar-refractivity contribution in [2.45, 2.75) is 32.6 Å². The fourth-order valence-corrected chi connectivity index (χ4v) is 2.18. The maximum absolute atomic E-state index is 5.82. The van der Waals surface area contributed by atoms with E-state index in [1.807, 2.05) is 18.7 Å². The fourth-order valence-electron chi connectivity index (χ4n) is 2.18. The molecule has 1 aromatic heterocycles. The molecular formula is C10H18N4. The molecule has 1 heterocycles. The highest BCUT2D eigenvalue weighted by Gasteiger charge is 2.36. The van der Waals surface area contributed by atoms with Crippen LogP contribution >= 0.6 is 0 Å². The summed E-state index contributed by atoms with van der Waals surface area (Å²) in [5.74, 6) is 1.93. The van der Waals surface area contributed by atoms with Crippen molar-refractivity contribution < 1.29 is 0 Å². The molecule has 0 saturated heterocycles.